The molecule has 0 fully saturated rings. The third-order valence-corrected chi connectivity index (χ3v) is 1.15. The van der Waals surface area contributed by atoms with E-state index in [2.05, 4.69) is 16.9 Å². The van der Waals surface area contributed by atoms with E-state index >= 15 is 0 Å². The average molecular weight is 182 g/mol. The van der Waals surface area contributed by atoms with Crippen LogP contribution in [0.1, 0.15) is 20.8 Å². The van der Waals surface area contributed by atoms with Gasteiger partial charge in [0, 0.05) is 5.71 Å². The molecular formula is C10H15FN2. The first kappa shape index (κ1) is 11.6. The maximum absolute atomic E-state index is 13.0. The van der Waals surface area contributed by atoms with Crippen molar-refractivity contribution in [1.82, 2.24) is 5.32 Å². The highest BCUT2D eigenvalue weighted by molar-refractivity contribution is 5.79. The predicted octanol–water partition coefficient (Wildman–Crippen LogP) is 2.92. The topological polar surface area (TPSA) is 24.4 Å². The molecule has 3 heteroatoms. The van der Waals surface area contributed by atoms with Gasteiger partial charge in [-0.15, -0.1) is 0 Å². The van der Waals surface area contributed by atoms with Gasteiger partial charge in [-0.3, -0.25) is 4.99 Å². The molecule has 0 aliphatic rings. The Labute approximate surface area is 78.6 Å². The van der Waals surface area contributed by atoms with Crippen LogP contribution in [-0.4, -0.2) is 5.71 Å². The highest BCUT2D eigenvalue weighted by Crippen LogP contribution is 2.05. The summed E-state index contributed by atoms with van der Waals surface area (Å²) in [6, 6.07) is 0. The van der Waals surface area contributed by atoms with Gasteiger partial charge in [-0.25, -0.2) is 4.39 Å². The number of nitrogens with zero attached hydrogens (tertiary/aromatic N) is 1. The molecule has 0 aromatic heterocycles. The second kappa shape index (κ2) is 6.17. The SMILES string of the molecule is C=C(NC=CC)/C(F)=C\N=C(C)C. The minimum atomic E-state index is -0.459. The van der Waals surface area contributed by atoms with Gasteiger partial charge in [0.15, 0.2) is 5.83 Å². The Morgan fingerprint density at radius 3 is 2.54 bits per heavy atom. The second-order valence-corrected chi connectivity index (χ2v) is 2.68. The Balaban J connectivity index is 4.25. The first-order valence-corrected chi connectivity index (χ1v) is 4.01. The van der Waals surface area contributed by atoms with Crippen LogP contribution in [0.2, 0.25) is 0 Å². The summed E-state index contributed by atoms with van der Waals surface area (Å²) in [5, 5.41) is 2.67. The minimum Gasteiger partial charge on any atom is -0.360 e. The highest BCUT2D eigenvalue weighted by Gasteiger charge is 1.96. The summed E-state index contributed by atoms with van der Waals surface area (Å²) in [6.45, 7) is 8.92. The lowest BCUT2D eigenvalue weighted by molar-refractivity contribution is 0.636. The molecule has 0 unspecified atom stereocenters. The summed E-state index contributed by atoms with van der Waals surface area (Å²) >= 11 is 0. The Bertz CT molecular complexity index is 258. The Morgan fingerprint density at radius 1 is 1.46 bits per heavy atom. The predicted molar refractivity (Wildman–Crippen MR) is 55.1 cm³/mol. The zero-order valence-corrected chi connectivity index (χ0v) is 8.26. The van der Waals surface area contributed by atoms with Crippen LogP contribution in [0.25, 0.3) is 0 Å². The van der Waals surface area contributed by atoms with E-state index in [0.29, 0.717) is 0 Å². The van der Waals surface area contributed by atoms with E-state index in [1.54, 1.807) is 26.1 Å². The van der Waals surface area contributed by atoms with Crippen LogP contribution in [0, 0.1) is 0 Å². The lowest BCUT2D eigenvalue weighted by Gasteiger charge is -2.00. The molecule has 0 heterocycles. The Hall–Kier alpha value is -1.38. The fraction of sp³-hybridized carbons (Fsp3) is 0.300. The summed E-state index contributed by atoms with van der Waals surface area (Å²) < 4.78 is 13.0. The maximum atomic E-state index is 13.0. The lowest BCUT2D eigenvalue weighted by atomic mass is 10.4. The Kier molecular flexibility index (Phi) is 5.52. The van der Waals surface area contributed by atoms with Crippen LogP contribution in [0.5, 0.6) is 0 Å². The molecule has 0 aliphatic heterocycles. The summed E-state index contributed by atoms with van der Waals surface area (Å²) in [6.07, 6.45) is 4.51. The van der Waals surface area contributed by atoms with E-state index in [1.807, 2.05) is 6.92 Å². The maximum Gasteiger partial charge on any atom is 0.164 e. The number of hydrogen-bond acceptors (Lipinski definition) is 2. The van der Waals surface area contributed by atoms with Gasteiger partial charge in [-0.1, -0.05) is 12.7 Å². The molecule has 0 saturated carbocycles. The number of aliphatic imine (C=N–C) groups is 1. The van der Waals surface area contributed by atoms with Crippen molar-refractivity contribution >= 4 is 5.71 Å². The van der Waals surface area contributed by atoms with E-state index in [1.165, 1.54) is 0 Å². The third kappa shape index (κ3) is 5.84. The largest absolute Gasteiger partial charge is 0.360 e. The molecule has 0 aliphatic carbocycles. The number of halogens is 1. The molecule has 0 rings (SSSR count). The number of nitrogens with one attached hydrogen (secondary N) is 1. The van der Waals surface area contributed by atoms with Crippen molar-refractivity contribution in [1.29, 1.82) is 0 Å². The zero-order valence-electron chi connectivity index (χ0n) is 8.26. The molecule has 0 aromatic carbocycles. The summed E-state index contributed by atoms with van der Waals surface area (Å²) in [7, 11) is 0. The molecule has 2 nitrogen and oxygen atoms in total. The summed E-state index contributed by atoms with van der Waals surface area (Å²) in [5.74, 6) is -0.459. The molecule has 0 bridgehead atoms. The van der Waals surface area contributed by atoms with E-state index in [4.69, 9.17) is 0 Å². The van der Waals surface area contributed by atoms with Gasteiger partial charge in [0.25, 0.3) is 0 Å². The van der Waals surface area contributed by atoms with E-state index < -0.39 is 5.83 Å². The van der Waals surface area contributed by atoms with Crippen molar-refractivity contribution in [3.05, 3.63) is 36.6 Å². The smallest absolute Gasteiger partial charge is 0.164 e. The van der Waals surface area contributed by atoms with Crippen LogP contribution in [0.4, 0.5) is 4.39 Å². The van der Waals surface area contributed by atoms with E-state index in [0.717, 1.165) is 11.9 Å². The lowest BCUT2D eigenvalue weighted by Crippen LogP contribution is -2.03. The monoisotopic (exact) mass is 182 g/mol. The quantitative estimate of drug-likeness (QED) is 0.524. The van der Waals surface area contributed by atoms with Crippen molar-refractivity contribution in [3.8, 4) is 0 Å². The number of allylic oxidation sites excluding steroid dienone is 2. The van der Waals surface area contributed by atoms with Gasteiger partial charge in [0.05, 0.1) is 11.9 Å². The third-order valence-electron chi connectivity index (χ3n) is 1.15. The van der Waals surface area contributed by atoms with E-state index in [-0.39, 0.29) is 5.70 Å². The van der Waals surface area contributed by atoms with Gasteiger partial charge < -0.3 is 5.32 Å². The van der Waals surface area contributed by atoms with Crippen LogP contribution in [0.15, 0.2) is 41.6 Å². The molecule has 0 saturated heterocycles. The van der Waals surface area contributed by atoms with Crippen LogP contribution in [0.3, 0.4) is 0 Å². The van der Waals surface area contributed by atoms with Crippen molar-refractivity contribution in [3.63, 3.8) is 0 Å². The molecule has 13 heavy (non-hydrogen) atoms. The average Bonchev–Trinajstić information content (AvgIpc) is 2.10. The van der Waals surface area contributed by atoms with Gasteiger partial charge >= 0.3 is 0 Å². The first-order chi connectivity index (χ1) is 6.07. The van der Waals surface area contributed by atoms with Gasteiger partial charge in [-0.2, -0.15) is 0 Å². The fourth-order valence-electron chi connectivity index (χ4n) is 0.517. The summed E-state index contributed by atoms with van der Waals surface area (Å²) in [5.41, 5.74) is 1.01. The standard InChI is InChI=1S/C10H15FN2/c1-5-6-12-9(4)10(11)7-13-8(2)3/h5-7,12H,4H2,1-3H3/b6-5?,10-7+. The van der Waals surface area contributed by atoms with Gasteiger partial charge in [0.1, 0.15) is 0 Å². The van der Waals surface area contributed by atoms with Gasteiger partial charge in [0.2, 0.25) is 0 Å². The number of rotatable bonds is 4. The summed E-state index contributed by atoms with van der Waals surface area (Å²) in [4.78, 5) is 3.81. The molecular weight excluding hydrogens is 167 g/mol. The molecule has 0 atom stereocenters. The normalized spacial score (nSPS) is 11.5. The highest BCUT2D eigenvalue weighted by atomic mass is 19.1. The zero-order chi connectivity index (χ0) is 10.3. The van der Waals surface area contributed by atoms with Gasteiger partial charge in [-0.05, 0) is 27.0 Å². The molecule has 1 N–H and O–H groups in total. The van der Waals surface area contributed by atoms with Crippen molar-refractivity contribution in [2.45, 2.75) is 20.8 Å². The van der Waals surface area contributed by atoms with Crippen LogP contribution in [-0.2, 0) is 0 Å². The van der Waals surface area contributed by atoms with E-state index in [9.17, 15) is 4.39 Å². The first-order valence-electron chi connectivity index (χ1n) is 4.01. The van der Waals surface area contributed by atoms with Crippen molar-refractivity contribution < 1.29 is 4.39 Å². The van der Waals surface area contributed by atoms with Crippen LogP contribution < -0.4 is 5.32 Å². The Morgan fingerprint density at radius 2 is 2.08 bits per heavy atom. The van der Waals surface area contributed by atoms with Crippen molar-refractivity contribution in [2.75, 3.05) is 0 Å². The molecule has 0 aromatic rings. The fourth-order valence-corrected chi connectivity index (χ4v) is 0.517. The van der Waals surface area contributed by atoms with Crippen LogP contribution >= 0.6 is 0 Å². The molecule has 0 spiro atoms. The molecule has 0 radical (unpaired) electrons. The van der Waals surface area contributed by atoms with Crippen molar-refractivity contribution in [2.24, 2.45) is 4.99 Å². The molecule has 72 valence electrons. The minimum absolute atomic E-state index is 0.211. The second-order valence-electron chi connectivity index (χ2n) is 2.68. The molecule has 0 amide bonds. The number of hydrogen-bond donors (Lipinski definition) is 1.